The van der Waals surface area contributed by atoms with Gasteiger partial charge in [0.1, 0.15) is 17.2 Å². The zero-order valence-corrected chi connectivity index (χ0v) is 21.5. The van der Waals surface area contributed by atoms with E-state index in [2.05, 4.69) is 43.4 Å². The monoisotopic (exact) mass is 516 g/mol. The lowest BCUT2D eigenvalue weighted by molar-refractivity contribution is -0.130. The molecule has 0 bridgehead atoms. The Morgan fingerprint density at radius 1 is 0.692 bits per heavy atom. The third-order valence-electron chi connectivity index (χ3n) is 5.04. The Labute approximate surface area is 227 Å². The number of rotatable bonds is 6. The molecule has 0 saturated heterocycles. The molecule has 0 fully saturated rings. The predicted molar refractivity (Wildman–Crippen MR) is 148 cm³/mol. The van der Waals surface area contributed by atoms with Crippen LogP contribution < -0.4 is 14.2 Å². The van der Waals surface area contributed by atoms with Gasteiger partial charge in [-0.3, -0.25) is 0 Å². The van der Waals surface area contributed by atoms with Crippen molar-refractivity contribution in [1.82, 2.24) is 0 Å². The van der Waals surface area contributed by atoms with E-state index in [1.807, 2.05) is 6.92 Å². The van der Waals surface area contributed by atoms with Crippen molar-refractivity contribution in [1.29, 1.82) is 0 Å². The van der Waals surface area contributed by atoms with Gasteiger partial charge in [0, 0.05) is 34.4 Å². The number of ether oxygens (including phenoxy) is 3. The Morgan fingerprint density at radius 2 is 1.18 bits per heavy atom. The van der Waals surface area contributed by atoms with Crippen LogP contribution in [0.15, 0.2) is 98.1 Å². The molecule has 0 aliphatic rings. The quantitative estimate of drug-likeness (QED) is 0.187. The van der Waals surface area contributed by atoms with E-state index >= 15 is 0 Å². The van der Waals surface area contributed by atoms with E-state index in [1.54, 1.807) is 67.6 Å². The number of carbonyl (C=O) groups excluding carboxylic acids is 3. The molecule has 192 valence electrons. The fourth-order valence-electron chi connectivity index (χ4n) is 3.00. The number of carbonyl (C=O) groups is 3. The van der Waals surface area contributed by atoms with Gasteiger partial charge in [0.25, 0.3) is 0 Å². The molecule has 3 aromatic rings. The molecule has 0 aliphatic carbocycles. The van der Waals surface area contributed by atoms with Crippen molar-refractivity contribution < 1.29 is 28.6 Å². The van der Waals surface area contributed by atoms with Crippen LogP contribution in [0, 0.1) is 30.6 Å². The summed E-state index contributed by atoms with van der Waals surface area (Å²) in [4.78, 5) is 35.0. The lowest BCUT2D eigenvalue weighted by Crippen LogP contribution is -2.07. The highest BCUT2D eigenvalue weighted by molar-refractivity contribution is 5.88. The molecule has 0 aliphatic heterocycles. The van der Waals surface area contributed by atoms with Gasteiger partial charge >= 0.3 is 17.9 Å². The first-order valence-electron chi connectivity index (χ1n) is 11.6. The summed E-state index contributed by atoms with van der Waals surface area (Å²) in [5.41, 5.74) is 3.61. The zero-order chi connectivity index (χ0) is 28.4. The molecular weight excluding hydrogens is 492 g/mol. The summed E-state index contributed by atoms with van der Waals surface area (Å²) < 4.78 is 15.7. The van der Waals surface area contributed by atoms with Crippen LogP contribution >= 0.6 is 0 Å². The minimum Gasteiger partial charge on any atom is -0.423 e. The van der Waals surface area contributed by atoms with Gasteiger partial charge in [-0.15, -0.1) is 0 Å². The van der Waals surface area contributed by atoms with Crippen LogP contribution in [-0.4, -0.2) is 17.9 Å². The third-order valence-corrected chi connectivity index (χ3v) is 5.04. The second-order valence-electron chi connectivity index (χ2n) is 8.13. The Morgan fingerprint density at radius 3 is 1.69 bits per heavy atom. The van der Waals surface area contributed by atoms with Crippen LogP contribution in [0.1, 0.15) is 34.7 Å². The lowest BCUT2D eigenvalue weighted by Gasteiger charge is -2.08. The average molecular weight is 517 g/mol. The van der Waals surface area contributed by atoms with Gasteiger partial charge in [0.2, 0.25) is 0 Å². The second-order valence-corrected chi connectivity index (χ2v) is 8.13. The molecule has 0 heterocycles. The Bertz CT molecular complexity index is 1580. The molecule has 0 atom stereocenters. The largest absolute Gasteiger partial charge is 0.423 e. The van der Waals surface area contributed by atoms with Gasteiger partial charge in [-0.25, -0.2) is 14.4 Å². The number of esters is 3. The van der Waals surface area contributed by atoms with Crippen LogP contribution in [0.5, 0.6) is 17.2 Å². The first-order chi connectivity index (χ1) is 18.7. The summed E-state index contributed by atoms with van der Waals surface area (Å²) >= 11 is 0. The zero-order valence-electron chi connectivity index (χ0n) is 21.5. The molecule has 0 N–H and O–H groups in total. The van der Waals surface area contributed by atoms with Crippen LogP contribution in [0.4, 0.5) is 0 Å². The summed E-state index contributed by atoms with van der Waals surface area (Å²) in [5.74, 6) is 11.5. The molecule has 3 aromatic carbocycles. The molecule has 3 rings (SSSR count). The van der Waals surface area contributed by atoms with E-state index < -0.39 is 17.9 Å². The smallest absolute Gasteiger partial charge is 0.338 e. The Hall–Kier alpha value is -5.59. The summed E-state index contributed by atoms with van der Waals surface area (Å²) in [6.07, 6.45) is 2.14. The fourth-order valence-corrected chi connectivity index (χ4v) is 3.00. The van der Waals surface area contributed by atoms with Crippen molar-refractivity contribution in [3.05, 3.63) is 126 Å². The standard InChI is InChI=1S/C33H24O6/c1-6-31(34)37-28-16-10-25(11-17-28)9-15-27-20-23(5)26(21-30(27)39-32(35)7-2)14-8-24-12-18-29(19-13-24)38-33(36)22(3)4/h6-7,10-13,16-21H,1-3H2,4-5H3. The summed E-state index contributed by atoms with van der Waals surface area (Å²) in [6.45, 7) is 13.8. The molecule has 0 radical (unpaired) electrons. The lowest BCUT2D eigenvalue weighted by atomic mass is 10.0. The predicted octanol–water partition coefficient (Wildman–Crippen LogP) is 5.46. The van der Waals surface area contributed by atoms with Crippen LogP contribution in [0.3, 0.4) is 0 Å². The van der Waals surface area contributed by atoms with Crippen molar-refractivity contribution in [2.45, 2.75) is 13.8 Å². The van der Waals surface area contributed by atoms with E-state index in [1.165, 1.54) is 0 Å². The van der Waals surface area contributed by atoms with Gasteiger partial charge in [0.15, 0.2) is 0 Å². The number of aryl methyl sites for hydroxylation is 1. The van der Waals surface area contributed by atoms with E-state index in [0.717, 1.165) is 17.7 Å². The van der Waals surface area contributed by atoms with Crippen molar-refractivity contribution in [3.8, 4) is 40.9 Å². The van der Waals surface area contributed by atoms with Crippen molar-refractivity contribution in [3.63, 3.8) is 0 Å². The van der Waals surface area contributed by atoms with Gasteiger partial charge in [-0.1, -0.05) is 43.4 Å². The topological polar surface area (TPSA) is 78.9 Å². The number of hydrogen-bond donors (Lipinski definition) is 0. The summed E-state index contributed by atoms with van der Waals surface area (Å²) in [7, 11) is 0. The Kier molecular flexibility index (Phi) is 9.40. The maximum atomic E-state index is 12.0. The van der Waals surface area contributed by atoms with Crippen molar-refractivity contribution in [2.24, 2.45) is 0 Å². The highest BCUT2D eigenvalue weighted by Gasteiger charge is 2.10. The van der Waals surface area contributed by atoms with Crippen LogP contribution in [0.25, 0.3) is 0 Å². The molecular formula is C33H24O6. The minimum absolute atomic E-state index is 0.237. The molecule has 0 saturated carbocycles. The fraction of sp³-hybridized carbons (Fsp3) is 0.0606. The van der Waals surface area contributed by atoms with Gasteiger partial charge in [-0.2, -0.15) is 0 Å². The van der Waals surface area contributed by atoms with E-state index in [4.69, 9.17) is 14.2 Å². The maximum Gasteiger partial charge on any atom is 0.338 e. The molecule has 6 heteroatoms. The SMILES string of the molecule is C=CC(=O)Oc1ccc(C#Cc2cc(C)c(C#Cc3ccc(OC(=O)C(=C)C)cc3)cc2OC(=O)C=C)cc1. The first kappa shape index (κ1) is 28.0. The molecule has 0 spiro atoms. The molecule has 0 aromatic heterocycles. The highest BCUT2D eigenvalue weighted by Crippen LogP contribution is 2.24. The summed E-state index contributed by atoms with van der Waals surface area (Å²) in [5, 5.41) is 0. The van der Waals surface area contributed by atoms with Crippen LogP contribution in [-0.2, 0) is 14.4 Å². The molecule has 39 heavy (non-hydrogen) atoms. The van der Waals surface area contributed by atoms with E-state index in [0.29, 0.717) is 39.3 Å². The van der Waals surface area contributed by atoms with Crippen molar-refractivity contribution >= 4 is 17.9 Å². The van der Waals surface area contributed by atoms with E-state index in [-0.39, 0.29) is 5.75 Å². The second kappa shape index (κ2) is 13.1. The van der Waals surface area contributed by atoms with E-state index in [9.17, 15) is 14.4 Å². The molecule has 6 nitrogen and oxygen atoms in total. The first-order valence-corrected chi connectivity index (χ1v) is 11.6. The normalized spacial score (nSPS) is 9.49. The molecule has 0 amide bonds. The van der Waals surface area contributed by atoms with Crippen molar-refractivity contribution in [2.75, 3.05) is 0 Å². The Balaban J connectivity index is 1.87. The maximum absolute atomic E-state index is 12.0. The van der Waals surface area contributed by atoms with Gasteiger partial charge in [0.05, 0.1) is 5.56 Å². The number of hydrogen-bond acceptors (Lipinski definition) is 6. The van der Waals surface area contributed by atoms with Gasteiger partial charge in [-0.05, 0) is 80.1 Å². The summed E-state index contributed by atoms with van der Waals surface area (Å²) in [6, 6.07) is 16.8. The van der Waals surface area contributed by atoms with Gasteiger partial charge < -0.3 is 14.2 Å². The number of benzene rings is 3. The van der Waals surface area contributed by atoms with Crippen LogP contribution in [0.2, 0.25) is 0 Å². The minimum atomic E-state index is -0.630. The molecule has 0 unspecified atom stereocenters. The highest BCUT2D eigenvalue weighted by atomic mass is 16.5. The third kappa shape index (κ3) is 8.21. The average Bonchev–Trinajstić information content (AvgIpc) is 2.93.